The molecule has 3 heterocycles. The molecular weight excluding hydrogens is 368 g/mol. The molecule has 7 heteroatoms. The molecule has 0 bridgehead atoms. The summed E-state index contributed by atoms with van der Waals surface area (Å²) in [6.07, 6.45) is 7.86. The number of rotatable bonds is 6. The number of aromatic nitrogens is 2. The highest BCUT2D eigenvalue weighted by Crippen LogP contribution is 2.33. The Morgan fingerprint density at radius 2 is 2.00 bits per heavy atom. The van der Waals surface area contributed by atoms with Gasteiger partial charge in [0.1, 0.15) is 0 Å². The second-order valence-electron chi connectivity index (χ2n) is 7.94. The van der Waals surface area contributed by atoms with Gasteiger partial charge in [0.25, 0.3) is 5.91 Å². The van der Waals surface area contributed by atoms with Crippen molar-refractivity contribution in [3.05, 3.63) is 30.0 Å². The zero-order chi connectivity index (χ0) is 20.2. The van der Waals surface area contributed by atoms with E-state index in [2.05, 4.69) is 20.4 Å². The van der Waals surface area contributed by atoms with E-state index in [9.17, 15) is 4.79 Å². The van der Waals surface area contributed by atoms with Gasteiger partial charge in [-0.15, -0.1) is 0 Å². The largest absolute Gasteiger partial charge is 0.493 e. The lowest BCUT2D eigenvalue weighted by molar-refractivity contribution is 0.0576. The number of amides is 1. The first-order chi connectivity index (χ1) is 14.2. The summed E-state index contributed by atoms with van der Waals surface area (Å²) >= 11 is 0. The summed E-state index contributed by atoms with van der Waals surface area (Å²) in [5.74, 6) is 1.71. The van der Waals surface area contributed by atoms with Crippen molar-refractivity contribution < 1.29 is 14.3 Å². The zero-order valence-corrected chi connectivity index (χ0v) is 17.2. The minimum absolute atomic E-state index is 0.0866. The normalized spacial score (nSPS) is 22.0. The van der Waals surface area contributed by atoms with Crippen molar-refractivity contribution in [1.29, 1.82) is 0 Å². The number of H-pyrrole nitrogens is 1. The Bertz CT molecular complexity index is 848. The molecule has 4 rings (SSSR count). The van der Waals surface area contributed by atoms with Crippen molar-refractivity contribution >= 4 is 5.91 Å². The van der Waals surface area contributed by atoms with Crippen LogP contribution in [-0.4, -0.2) is 60.9 Å². The van der Waals surface area contributed by atoms with Crippen molar-refractivity contribution in [2.45, 2.75) is 38.1 Å². The maximum absolute atomic E-state index is 12.9. The molecule has 2 aromatic rings. The lowest BCUT2D eigenvalue weighted by Gasteiger charge is -2.44. The minimum Gasteiger partial charge on any atom is -0.493 e. The van der Waals surface area contributed by atoms with Crippen molar-refractivity contribution in [3.8, 4) is 22.8 Å². The smallest absolute Gasteiger partial charge is 0.255 e. The summed E-state index contributed by atoms with van der Waals surface area (Å²) in [4.78, 5) is 15.6. The molecule has 1 amide bonds. The fraction of sp³-hybridized carbons (Fsp3) is 0.545. The van der Waals surface area contributed by atoms with Gasteiger partial charge in [-0.25, -0.2) is 0 Å². The zero-order valence-electron chi connectivity index (χ0n) is 17.2. The van der Waals surface area contributed by atoms with E-state index in [-0.39, 0.29) is 5.91 Å². The first kappa shape index (κ1) is 19.8. The van der Waals surface area contributed by atoms with E-state index in [4.69, 9.17) is 9.47 Å². The average Bonchev–Trinajstić information content (AvgIpc) is 3.27. The molecule has 2 aliphatic heterocycles. The van der Waals surface area contributed by atoms with Gasteiger partial charge < -0.3 is 19.7 Å². The van der Waals surface area contributed by atoms with Crippen LogP contribution in [0.4, 0.5) is 0 Å². The molecule has 156 valence electrons. The number of hydrogen-bond acceptors (Lipinski definition) is 5. The lowest BCUT2D eigenvalue weighted by atomic mass is 9.83. The van der Waals surface area contributed by atoms with Gasteiger partial charge in [-0.05, 0) is 62.9 Å². The Balaban J connectivity index is 1.46. The number of nitrogens with zero attached hydrogens (tertiary/aromatic N) is 2. The minimum atomic E-state index is -0.0866. The molecular formula is C22H30N4O3. The molecule has 2 saturated heterocycles. The van der Waals surface area contributed by atoms with Gasteiger partial charge in [-0.2, -0.15) is 5.10 Å². The summed E-state index contributed by atoms with van der Waals surface area (Å²) in [5.41, 5.74) is 2.07. The summed E-state index contributed by atoms with van der Waals surface area (Å²) in [6, 6.07) is 6.19. The van der Waals surface area contributed by atoms with E-state index in [0.717, 1.165) is 12.1 Å². The molecule has 0 spiro atoms. The van der Waals surface area contributed by atoms with E-state index >= 15 is 0 Å². The summed E-state index contributed by atoms with van der Waals surface area (Å²) < 4.78 is 10.7. The first-order valence-corrected chi connectivity index (χ1v) is 10.5. The van der Waals surface area contributed by atoms with E-state index in [1.807, 2.05) is 18.2 Å². The molecule has 2 aliphatic rings. The van der Waals surface area contributed by atoms with Crippen molar-refractivity contribution in [1.82, 2.24) is 20.4 Å². The molecule has 2 N–H and O–H groups in total. The van der Waals surface area contributed by atoms with Crippen LogP contribution in [0, 0.1) is 5.92 Å². The highest BCUT2D eigenvalue weighted by molar-refractivity contribution is 5.99. The van der Waals surface area contributed by atoms with E-state index in [1.54, 1.807) is 20.4 Å². The molecule has 2 atom stereocenters. The predicted octanol–water partition coefficient (Wildman–Crippen LogP) is 3.09. The van der Waals surface area contributed by atoms with E-state index < -0.39 is 0 Å². The number of piperidine rings is 2. The average molecular weight is 399 g/mol. The first-order valence-electron chi connectivity index (χ1n) is 10.5. The van der Waals surface area contributed by atoms with Crippen LogP contribution in [0.2, 0.25) is 0 Å². The number of carbonyl (C=O) groups is 1. The Morgan fingerprint density at radius 3 is 2.83 bits per heavy atom. The van der Waals surface area contributed by atoms with Crippen LogP contribution in [0.1, 0.15) is 42.5 Å². The quantitative estimate of drug-likeness (QED) is 0.782. The van der Waals surface area contributed by atoms with Gasteiger partial charge in [0.15, 0.2) is 11.5 Å². The number of ether oxygens (including phenoxy) is 2. The van der Waals surface area contributed by atoms with Crippen LogP contribution < -0.4 is 14.8 Å². The van der Waals surface area contributed by atoms with Gasteiger partial charge in [0.05, 0.1) is 31.7 Å². The Hall–Kier alpha value is -2.54. The molecule has 29 heavy (non-hydrogen) atoms. The van der Waals surface area contributed by atoms with Crippen LogP contribution in [0.15, 0.2) is 24.4 Å². The fourth-order valence-corrected chi connectivity index (χ4v) is 4.80. The maximum atomic E-state index is 12.9. The molecule has 0 aliphatic carbocycles. The number of methoxy groups -OCH3 is 2. The van der Waals surface area contributed by atoms with Crippen LogP contribution in [-0.2, 0) is 0 Å². The summed E-state index contributed by atoms with van der Waals surface area (Å²) in [6.45, 7) is 3.14. The number of nitrogens with one attached hydrogen (secondary N) is 2. The number of benzene rings is 1. The maximum Gasteiger partial charge on any atom is 0.255 e. The second-order valence-corrected chi connectivity index (χ2v) is 7.94. The van der Waals surface area contributed by atoms with E-state index in [1.165, 1.54) is 45.2 Å². The summed E-state index contributed by atoms with van der Waals surface area (Å²) in [7, 11) is 3.20. The van der Waals surface area contributed by atoms with Crippen LogP contribution in [0.3, 0.4) is 0 Å². The number of aromatic amines is 1. The topological polar surface area (TPSA) is 79.5 Å². The van der Waals surface area contributed by atoms with Crippen molar-refractivity contribution in [2.75, 3.05) is 33.9 Å². The standard InChI is InChI=1S/C22H30N4O3/c1-28-19-9-8-15(12-20(19)29-2)21-17(14-24-25-21)22(27)23-13-16-6-5-11-26-10-4-3-7-18(16)26/h8-9,12,14,16,18H,3-7,10-11,13H2,1-2H3,(H,23,27)(H,24,25)/t16-,18+/m1/s1. The monoisotopic (exact) mass is 398 g/mol. The van der Waals surface area contributed by atoms with E-state index in [0.29, 0.717) is 34.7 Å². The van der Waals surface area contributed by atoms with Crippen LogP contribution in [0.25, 0.3) is 11.3 Å². The SMILES string of the molecule is COc1ccc(-c2[nH]ncc2C(=O)NC[C@H]2CCCN3CCCC[C@@H]23)cc1OC. The second kappa shape index (κ2) is 8.86. The third-order valence-electron chi connectivity index (χ3n) is 6.31. The highest BCUT2D eigenvalue weighted by atomic mass is 16.5. The molecule has 0 unspecified atom stereocenters. The molecule has 0 saturated carbocycles. The highest BCUT2D eigenvalue weighted by Gasteiger charge is 2.33. The van der Waals surface area contributed by atoms with Gasteiger partial charge >= 0.3 is 0 Å². The molecule has 1 aromatic heterocycles. The van der Waals surface area contributed by atoms with Gasteiger partial charge in [0.2, 0.25) is 0 Å². The third-order valence-corrected chi connectivity index (χ3v) is 6.31. The predicted molar refractivity (Wildman–Crippen MR) is 111 cm³/mol. The Labute approximate surface area is 171 Å². The van der Waals surface area contributed by atoms with Crippen molar-refractivity contribution in [3.63, 3.8) is 0 Å². The fourth-order valence-electron chi connectivity index (χ4n) is 4.80. The molecule has 7 nitrogen and oxygen atoms in total. The van der Waals surface area contributed by atoms with Gasteiger partial charge in [0, 0.05) is 18.2 Å². The molecule has 1 aromatic carbocycles. The lowest BCUT2D eigenvalue weighted by Crippen LogP contribution is -2.51. The summed E-state index contributed by atoms with van der Waals surface area (Å²) in [5, 5.41) is 10.2. The Morgan fingerprint density at radius 1 is 1.17 bits per heavy atom. The molecule has 0 radical (unpaired) electrons. The number of fused-ring (bicyclic) bond motifs is 1. The number of hydrogen-bond donors (Lipinski definition) is 2. The van der Waals surface area contributed by atoms with Gasteiger partial charge in [-0.3, -0.25) is 9.89 Å². The Kier molecular flexibility index (Phi) is 6.04. The van der Waals surface area contributed by atoms with Gasteiger partial charge in [-0.1, -0.05) is 6.42 Å². The number of carbonyl (C=O) groups excluding carboxylic acids is 1. The van der Waals surface area contributed by atoms with Crippen molar-refractivity contribution in [2.24, 2.45) is 5.92 Å². The van der Waals surface area contributed by atoms with Crippen LogP contribution >= 0.6 is 0 Å². The molecule has 2 fully saturated rings. The third kappa shape index (κ3) is 4.10. The van der Waals surface area contributed by atoms with Crippen LogP contribution in [0.5, 0.6) is 11.5 Å².